The van der Waals surface area contributed by atoms with Crippen LogP contribution in [0.5, 0.6) is 5.75 Å². The van der Waals surface area contributed by atoms with Crippen LogP contribution < -0.4 is 15.0 Å². The number of halogens is 2. The van der Waals surface area contributed by atoms with Gasteiger partial charge in [-0.2, -0.15) is 0 Å². The van der Waals surface area contributed by atoms with Gasteiger partial charge in [0.1, 0.15) is 12.3 Å². The Morgan fingerprint density at radius 2 is 1.72 bits per heavy atom. The number of methoxy groups -OCH3 is 1. The number of carbonyl (C=O) groups is 2. The molecule has 0 saturated carbocycles. The van der Waals surface area contributed by atoms with Crippen molar-refractivity contribution in [3.8, 4) is 5.75 Å². The number of amides is 2. The highest BCUT2D eigenvalue weighted by Gasteiger charge is 2.19. The molecule has 0 aliphatic rings. The third-order valence-electron chi connectivity index (χ3n) is 3.52. The number of hydrogen-bond acceptors (Lipinski definition) is 3. The van der Waals surface area contributed by atoms with Gasteiger partial charge < -0.3 is 10.1 Å². The van der Waals surface area contributed by atoms with Crippen LogP contribution in [0.15, 0.2) is 42.5 Å². The maximum atomic E-state index is 12.3. The summed E-state index contributed by atoms with van der Waals surface area (Å²) in [6.07, 6.45) is 0. The van der Waals surface area contributed by atoms with Crippen molar-refractivity contribution in [1.82, 2.24) is 5.32 Å². The van der Waals surface area contributed by atoms with Gasteiger partial charge in [0.15, 0.2) is 0 Å². The molecule has 0 atom stereocenters. The first-order valence-corrected chi connectivity index (χ1v) is 8.29. The van der Waals surface area contributed by atoms with Gasteiger partial charge in [0.2, 0.25) is 11.8 Å². The van der Waals surface area contributed by atoms with E-state index in [0.717, 1.165) is 5.56 Å². The second-order valence-electron chi connectivity index (χ2n) is 5.32. The van der Waals surface area contributed by atoms with Crippen molar-refractivity contribution >= 4 is 40.7 Å². The highest BCUT2D eigenvalue weighted by atomic mass is 35.5. The monoisotopic (exact) mass is 380 g/mol. The quantitative estimate of drug-likeness (QED) is 0.831. The fraction of sp³-hybridized carbons (Fsp3) is 0.222. The molecule has 0 aliphatic carbocycles. The van der Waals surface area contributed by atoms with Crippen molar-refractivity contribution in [2.75, 3.05) is 18.6 Å². The number of ether oxygens (including phenoxy) is 1. The largest absolute Gasteiger partial charge is 0.495 e. The van der Waals surface area contributed by atoms with E-state index in [1.165, 1.54) is 18.9 Å². The van der Waals surface area contributed by atoms with Gasteiger partial charge in [-0.15, -0.1) is 0 Å². The molecule has 0 radical (unpaired) electrons. The zero-order chi connectivity index (χ0) is 18.4. The summed E-state index contributed by atoms with van der Waals surface area (Å²) >= 11 is 11.8. The van der Waals surface area contributed by atoms with Crippen molar-refractivity contribution in [1.29, 1.82) is 0 Å². The Morgan fingerprint density at radius 3 is 2.32 bits per heavy atom. The van der Waals surface area contributed by atoms with Gasteiger partial charge in [-0.1, -0.05) is 35.3 Å². The second-order valence-corrected chi connectivity index (χ2v) is 6.20. The van der Waals surface area contributed by atoms with E-state index in [4.69, 9.17) is 27.9 Å². The topological polar surface area (TPSA) is 58.6 Å². The number of hydrogen-bond donors (Lipinski definition) is 1. The van der Waals surface area contributed by atoms with Crippen LogP contribution in [0.4, 0.5) is 5.69 Å². The minimum Gasteiger partial charge on any atom is -0.495 e. The molecular weight excluding hydrogens is 363 g/mol. The Labute approximate surface area is 156 Å². The van der Waals surface area contributed by atoms with E-state index >= 15 is 0 Å². The summed E-state index contributed by atoms with van der Waals surface area (Å²) in [4.78, 5) is 25.6. The summed E-state index contributed by atoms with van der Waals surface area (Å²) < 4.78 is 5.26. The maximum absolute atomic E-state index is 12.3. The molecule has 2 aromatic carbocycles. The zero-order valence-electron chi connectivity index (χ0n) is 13.9. The Hall–Kier alpha value is -2.24. The molecule has 0 fully saturated rings. The van der Waals surface area contributed by atoms with E-state index < -0.39 is 0 Å². The van der Waals surface area contributed by atoms with E-state index in [0.29, 0.717) is 28.0 Å². The van der Waals surface area contributed by atoms with E-state index in [1.54, 1.807) is 30.3 Å². The molecule has 2 rings (SSSR count). The van der Waals surface area contributed by atoms with Crippen LogP contribution in [0.2, 0.25) is 10.0 Å². The van der Waals surface area contributed by atoms with Crippen LogP contribution in [-0.2, 0) is 16.1 Å². The summed E-state index contributed by atoms with van der Waals surface area (Å²) in [5.41, 5.74) is 1.36. The molecule has 0 saturated heterocycles. The number of carbonyl (C=O) groups excluding carboxylic acids is 2. The predicted molar refractivity (Wildman–Crippen MR) is 99.3 cm³/mol. The smallest absolute Gasteiger partial charge is 0.240 e. The summed E-state index contributed by atoms with van der Waals surface area (Å²) in [5, 5.41) is 3.85. The number of anilines is 1. The number of nitrogens with one attached hydrogen (secondary N) is 1. The molecule has 0 aliphatic heterocycles. The number of benzene rings is 2. The van der Waals surface area contributed by atoms with Crippen LogP contribution in [0, 0.1) is 0 Å². The van der Waals surface area contributed by atoms with Crippen molar-refractivity contribution in [2.24, 2.45) is 0 Å². The van der Waals surface area contributed by atoms with Crippen molar-refractivity contribution in [3.05, 3.63) is 58.1 Å². The molecule has 7 heteroatoms. The van der Waals surface area contributed by atoms with Gasteiger partial charge in [-0.25, -0.2) is 0 Å². The van der Waals surface area contributed by atoms with Crippen LogP contribution in [0.25, 0.3) is 0 Å². The SMILES string of the molecule is COc1ccc(Cl)cc1N(CC(=O)NCc1ccc(Cl)cc1)C(C)=O. The Morgan fingerprint density at radius 1 is 1.08 bits per heavy atom. The fourth-order valence-electron chi connectivity index (χ4n) is 2.24. The zero-order valence-corrected chi connectivity index (χ0v) is 15.4. The van der Waals surface area contributed by atoms with E-state index in [-0.39, 0.29) is 18.4 Å². The minimum atomic E-state index is -0.299. The molecule has 5 nitrogen and oxygen atoms in total. The molecule has 25 heavy (non-hydrogen) atoms. The lowest BCUT2D eigenvalue weighted by Crippen LogP contribution is -2.39. The van der Waals surface area contributed by atoms with Gasteiger partial charge in [0, 0.05) is 23.5 Å². The van der Waals surface area contributed by atoms with Crippen LogP contribution in [-0.4, -0.2) is 25.5 Å². The van der Waals surface area contributed by atoms with E-state index in [2.05, 4.69) is 5.32 Å². The predicted octanol–water partition coefficient (Wildman–Crippen LogP) is 3.67. The highest BCUT2D eigenvalue weighted by molar-refractivity contribution is 6.31. The summed E-state index contributed by atoms with van der Waals surface area (Å²) in [6, 6.07) is 12.1. The molecule has 0 spiro atoms. The molecular formula is C18H18Cl2N2O3. The van der Waals surface area contributed by atoms with Crippen molar-refractivity contribution in [3.63, 3.8) is 0 Å². The third-order valence-corrected chi connectivity index (χ3v) is 4.00. The van der Waals surface area contributed by atoms with E-state index in [1.807, 2.05) is 12.1 Å². The number of nitrogens with zero attached hydrogens (tertiary/aromatic N) is 1. The first-order chi connectivity index (χ1) is 11.9. The van der Waals surface area contributed by atoms with Crippen molar-refractivity contribution in [2.45, 2.75) is 13.5 Å². The maximum Gasteiger partial charge on any atom is 0.240 e. The van der Waals surface area contributed by atoms with Gasteiger partial charge in [0.25, 0.3) is 0 Å². The average Bonchev–Trinajstić information content (AvgIpc) is 2.59. The van der Waals surface area contributed by atoms with Crippen LogP contribution in [0.1, 0.15) is 12.5 Å². The second kappa shape index (κ2) is 8.74. The summed E-state index contributed by atoms with van der Waals surface area (Å²) in [7, 11) is 1.49. The Balaban J connectivity index is 2.08. The molecule has 2 amide bonds. The van der Waals surface area contributed by atoms with Gasteiger partial charge >= 0.3 is 0 Å². The first kappa shape index (κ1) is 19.1. The molecule has 2 aromatic rings. The normalized spacial score (nSPS) is 10.2. The molecule has 0 bridgehead atoms. The number of rotatable bonds is 6. The molecule has 0 heterocycles. The van der Waals surface area contributed by atoms with Gasteiger partial charge in [0.05, 0.1) is 12.8 Å². The summed E-state index contributed by atoms with van der Waals surface area (Å²) in [6.45, 7) is 1.58. The van der Waals surface area contributed by atoms with E-state index in [9.17, 15) is 9.59 Å². The first-order valence-electron chi connectivity index (χ1n) is 7.53. The van der Waals surface area contributed by atoms with Gasteiger partial charge in [-0.05, 0) is 35.9 Å². The lowest BCUT2D eigenvalue weighted by molar-refractivity contribution is -0.123. The van der Waals surface area contributed by atoms with Crippen molar-refractivity contribution < 1.29 is 14.3 Å². The highest BCUT2D eigenvalue weighted by Crippen LogP contribution is 2.31. The standard InChI is InChI=1S/C18H18Cl2N2O3/c1-12(23)22(16-9-15(20)7-8-17(16)25-2)11-18(24)21-10-13-3-5-14(19)6-4-13/h3-9H,10-11H2,1-2H3,(H,21,24). The fourth-order valence-corrected chi connectivity index (χ4v) is 2.53. The molecule has 0 aromatic heterocycles. The molecule has 132 valence electrons. The summed E-state index contributed by atoms with van der Waals surface area (Å²) in [5.74, 6) is -0.125. The lowest BCUT2D eigenvalue weighted by Gasteiger charge is -2.23. The molecule has 0 unspecified atom stereocenters. The van der Waals surface area contributed by atoms with Crippen LogP contribution in [0.3, 0.4) is 0 Å². The Bertz CT molecular complexity index is 763. The molecule has 1 N–H and O–H groups in total. The van der Waals surface area contributed by atoms with Gasteiger partial charge in [-0.3, -0.25) is 14.5 Å². The third kappa shape index (κ3) is 5.37. The Kier molecular flexibility index (Phi) is 6.67. The minimum absolute atomic E-state index is 0.139. The average molecular weight is 381 g/mol. The lowest BCUT2D eigenvalue weighted by atomic mass is 10.2. The van der Waals surface area contributed by atoms with Crippen LogP contribution >= 0.6 is 23.2 Å².